The van der Waals surface area contributed by atoms with Crippen molar-refractivity contribution >= 4 is 11.8 Å². The van der Waals surface area contributed by atoms with E-state index in [-0.39, 0.29) is 0 Å². The van der Waals surface area contributed by atoms with Gasteiger partial charge in [-0.2, -0.15) is 0 Å². The van der Waals surface area contributed by atoms with Crippen LogP contribution in [0.3, 0.4) is 0 Å². The fourth-order valence-electron chi connectivity index (χ4n) is 2.66. The molecule has 0 bridgehead atoms. The third-order valence-corrected chi connectivity index (χ3v) is 3.55. The van der Waals surface area contributed by atoms with Gasteiger partial charge in [-0.3, -0.25) is 4.99 Å². The highest BCUT2D eigenvalue weighted by atomic mass is 14.8. The van der Waals surface area contributed by atoms with E-state index in [1.54, 1.807) is 0 Å². The molecular weight excluding hydrogens is 232 g/mol. The van der Waals surface area contributed by atoms with Gasteiger partial charge >= 0.3 is 0 Å². The molecule has 0 unspecified atom stereocenters. The van der Waals surface area contributed by atoms with Gasteiger partial charge in [0, 0.05) is 22.6 Å². The molecule has 1 aliphatic carbocycles. The molecule has 0 saturated carbocycles. The number of benzene rings is 1. The smallest absolute Gasteiger partial charge is 0.0773 e. The normalized spacial score (nSPS) is 24.6. The number of para-hydroxylation sites is 1. The number of aliphatic imine (C=N–C) groups is 1. The van der Waals surface area contributed by atoms with Gasteiger partial charge in [0.15, 0.2) is 0 Å². The molecule has 2 heteroatoms. The summed E-state index contributed by atoms with van der Waals surface area (Å²) in [5, 5.41) is 2.27. The molecule has 0 saturated heterocycles. The van der Waals surface area contributed by atoms with Gasteiger partial charge in [0.1, 0.15) is 0 Å². The first-order valence-corrected chi connectivity index (χ1v) is 6.43. The van der Waals surface area contributed by atoms with E-state index < -0.39 is 0 Å². The van der Waals surface area contributed by atoms with Gasteiger partial charge in [-0.05, 0) is 24.6 Å². The summed E-state index contributed by atoms with van der Waals surface area (Å²) in [4.78, 5) is 9.30. The molecule has 1 aromatic carbocycles. The molecule has 0 spiro atoms. The molecule has 3 aliphatic rings. The number of fused-ring (bicyclic) bond motifs is 3. The fraction of sp³-hybridized carbons (Fsp3) is 0.0588. The molecule has 0 atom stereocenters. The average molecular weight is 244 g/mol. The Kier molecular flexibility index (Phi) is 2.21. The predicted octanol–water partition coefficient (Wildman–Crippen LogP) is 2.21. The lowest BCUT2D eigenvalue weighted by Gasteiger charge is -2.14. The summed E-state index contributed by atoms with van der Waals surface area (Å²) >= 11 is 0. The first kappa shape index (κ1) is 10.4. The Balaban J connectivity index is 2.12. The van der Waals surface area contributed by atoms with Crippen LogP contribution in [-0.4, -0.2) is 6.21 Å². The SMILES string of the molecule is C1=CC/C2=C3\N=c4ccccc4=C3/C=C\C=NC2=C1. The highest BCUT2D eigenvalue weighted by Crippen LogP contribution is 2.31. The van der Waals surface area contributed by atoms with E-state index >= 15 is 0 Å². The summed E-state index contributed by atoms with van der Waals surface area (Å²) in [6.45, 7) is 0. The minimum Gasteiger partial charge on any atom is -0.257 e. The zero-order valence-electron chi connectivity index (χ0n) is 10.4. The Morgan fingerprint density at radius 2 is 2.00 bits per heavy atom. The molecule has 0 aromatic heterocycles. The number of allylic oxidation sites excluding steroid dienone is 6. The van der Waals surface area contributed by atoms with Crippen LogP contribution in [-0.2, 0) is 0 Å². The number of hydrogen-bond donors (Lipinski definition) is 0. The maximum Gasteiger partial charge on any atom is 0.0773 e. The molecule has 2 aliphatic heterocycles. The minimum atomic E-state index is 0.896. The molecule has 2 heterocycles. The van der Waals surface area contributed by atoms with Crippen molar-refractivity contribution in [3.05, 3.63) is 82.2 Å². The lowest BCUT2D eigenvalue weighted by molar-refractivity contribution is 1.11. The quantitative estimate of drug-likeness (QED) is 0.668. The second-order valence-electron chi connectivity index (χ2n) is 4.69. The van der Waals surface area contributed by atoms with Crippen LogP contribution < -0.4 is 10.6 Å². The maximum absolute atomic E-state index is 4.80. The summed E-state index contributed by atoms with van der Waals surface area (Å²) in [5.74, 6) is 0. The van der Waals surface area contributed by atoms with Gasteiger partial charge in [-0.25, -0.2) is 4.99 Å². The average Bonchev–Trinajstić information content (AvgIpc) is 2.79. The van der Waals surface area contributed by atoms with Gasteiger partial charge in [0.25, 0.3) is 0 Å². The van der Waals surface area contributed by atoms with Crippen molar-refractivity contribution in [3.8, 4) is 0 Å². The van der Waals surface area contributed by atoms with Crippen LogP contribution >= 0.6 is 0 Å². The minimum absolute atomic E-state index is 0.896. The van der Waals surface area contributed by atoms with Gasteiger partial charge in [0.2, 0.25) is 0 Å². The lowest BCUT2D eigenvalue weighted by atomic mass is 9.97. The maximum atomic E-state index is 4.80. The monoisotopic (exact) mass is 244 g/mol. The van der Waals surface area contributed by atoms with E-state index in [1.165, 1.54) is 16.4 Å². The molecule has 0 fully saturated rings. The second kappa shape index (κ2) is 4.02. The van der Waals surface area contributed by atoms with Crippen LogP contribution in [0.1, 0.15) is 6.42 Å². The van der Waals surface area contributed by atoms with Gasteiger partial charge in [-0.15, -0.1) is 0 Å². The first-order valence-electron chi connectivity index (χ1n) is 6.43. The highest BCUT2D eigenvalue weighted by Gasteiger charge is 2.19. The van der Waals surface area contributed by atoms with Crippen LogP contribution in [0.15, 0.2) is 81.6 Å². The van der Waals surface area contributed by atoms with Crippen molar-refractivity contribution in [2.75, 3.05) is 0 Å². The van der Waals surface area contributed by atoms with Crippen molar-refractivity contribution in [2.24, 2.45) is 9.98 Å². The Morgan fingerprint density at radius 3 is 3.00 bits per heavy atom. The van der Waals surface area contributed by atoms with Gasteiger partial charge in [-0.1, -0.05) is 36.4 Å². The number of rotatable bonds is 0. The number of hydrogen-bond acceptors (Lipinski definition) is 2. The summed E-state index contributed by atoms with van der Waals surface area (Å²) in [6, 6.07) is 8.29. The molecule has 19 heavy (non-hydrogen) atoms. The molecule has 2 nitrogen and oxygen atoms in total. The van der Waals surface area contributed by atoms with Crippen LogP contribution in [0.4, 0.5) is 0 Å². The summed E-state index contributed by atoms with van der Waals surface area (Å²) in [5.41, 5.74) is 4.52. The zero-order valence-corrected chi connectivity index (χ0v) is 10.4. The van der Waals surface area contributed by atoms with E-state index in [9.17, 15) is 0 Å². The van der Waals surface area contributed by atoms with E-state index in [0.717, 1.165) is 23.2 Å². The lowest BCUT2D eigenvalue weighted by Crippen LogP contribution is -2.21. The predicted molar refractivity (Wildman–Crippen MR) is 77.1 cm³/mol. The highest BCUT2D eigenvalue weighted by molar-refractivity contribution is 5.85. The third kappa shape index (κ3) is 1.57. The Morgan fingerprint density at radius 1 is 1.05 bits per heavy atom. The second-order valence-corrected chi connectivity index (χ2v) is 4.69. The topological polar surface area (TPSA) is 24.7 Å². The van der Waals surface area contributed by atoms with Crippen LogP contribution in [0.5, 0.6) is 0 Å². The molecule has 0 N–H and O–H groups in total. The fourth-order valence-corrected chi connectivity index (χ4v) is 2.66. The van der Waals surface area contributed by atoms with Crippen LogP contribution in [0.2, 0.25) is 0 Å². The molecule has 4 rings (SSSR count). The van der Waals surface area contributed by atoms with E-state index in [0.29, 0.717) is 0 Å². The van der Waals surface area contributed by atoms with Crippen molar-refractivity contribution in [3.63, 3.8) is 0 Å². The zero-order chi connectivity index (χ0) is 12.7. The Bertz CT molecular complexity index is 830. The summed E-state index contributed by atoms with van der Waals surface area (Å²) in [6.07, 6.45) is 13.1. The van der Waals surface area contributed by atoms with Crippen molar-refractivity contribution in [1.29, 1.82) is 0 Å². The first-order chi connectivity index (χ1) is 9.43. The van der Waals surface area contributed by atoms with Crippen molar-refractivity contribution < 1.29 is 0 Å². The van der Waals surface area contributed by atoms with E-state index in [1.807, 2.05) is 18.4 Å². The van der Waals surface area contributed by atoms with Crippen LogP contribution in [0.25, 0.3) is 5.57 Å². The molecule has 90 valence electrons. The van der Waals surface area contributed by atoms with Gasteiger partial charge in [0.05, 0.1) is 16.8 Å². The molecular formula is C17H12N2. The molecule has 0 radical (unpaired) electrons. The summed E-state index contributed by atoms with van der Waals surface area (Å²) < 4.78 is 0. The van der Waals surface area contributed by atoms with Gasteiger partial charge < -0.3 is 0 Å². The third-order valence-electron chi connectivity index (χ3n) is 3.55. The Hall–Kier alpha value is -2.48. The largest absolute Gasteiger partial charge is 0.257 e. The summed E-state index contributed by atoms with van der Waals surface area (Å²) in [7, 11) is 0. The number of nitrogens with zero attached hydrogens (tertiary/aromatic N) is 2. The Labute approximate surface area is 111 Å². The standard InChI is InChI=1S/C17H12N2/c1-4-10-16-12(6-1)13-8-5-11-18-15-9-3-2-7-14(15)17(13)19-16/h1-6,8-11H,7H2/b8-5-,17-14+,18-11?. The van der Waals surface area contributed by atoms with Crippen LogP contribution in [0, 0.1) is 0 Å². The van der Waals surface area contributed by atoms with E-state index in [4.69, 9.17) is 4.99 Å². The molecule has 0 amide bonds. The van der Waals surface area contributed by atoms with Crippen molar-refractivity contribution in [1.82, 2.24) is 0 Å². The van der Waals surface area contributed by atoms with Crippen molar-refractivity contribution in [2.45, 2.75) is 6.42 Å². The van der Waals surface area contributed by atoms with E-state index in [2.05, 4.69) is 47.5 Å². The molecule has 1 aromatic rings.